The molecule has 0 radical (unpaired) electrons. The van der Waals surface area contributed by atoms with E-state index in [0.717, 1.165) is 22.7 Å². The van der Waals surface area contributed by atoms with Crippen molar-refractivity contribution in [1.82, 2.24) is 4.57 Å². The molecule has 0 unspecified atom stereocenters. The SMILES string of the molecule is c1ccc(-n2c3ccccc3c3ccc(N(c4ccc5c(c4)C4(c6ccccc6Sc6ccccc64)c4ccccc4-5)c4ccc5c(c4)C4(c6ccccc6Sc6ccccc64)c4ccccc4-5)cc32)cc1. The largest absolute Gasteiger partial charge is 0.310 e. The Hall–Kier alpha value is -8.28. The highest BCUT2D eigenvalue weighted by molar-refractivity contribution is 7.99. The van der Waals surface area contributed by atoms with E-state index in [2.05, 4.69) is 264 Å². The lowest BCUT2D eigenvalue weighted by Gasteiger charge is -2.40. The van der Waals surface area contributed by atoms with E-state index in [1.807, 2.05) is 23.5 Å². The number of hydrogen-bond donors (Lipinski definition) is 0. The Morgan fingerprint density at radius 2 is 0.653 bits per heavy atom. The molecule has 2 nitrogen and oxygen atoms in total. The molecule has 2 aliphatic carbocycles. The molecular weight excluding hydrogens is 909 g/mol. The lowest BCUT2D eigenvalue weighted by atomic mass is 9.67. The minimum absolute atomic E-state index is 0.521. The number of benzene rings is 11. The van der Waals surface area contributed by atoms with Gasteiger partial charge in [-0.05, 0) is 146 Å². The van der Waals surface area contributed by atoms with Crippen LogP contribution in [0.1, 0.15) is 44.5 Å². The predicted molar refractivity (Wildman–Crippen MR) is 298 cm³/mol. The minimum atomic E-state index is -0.521. The Morgan fingerprint density at radius 1 is 0.278 bits per heavy atom. The molecule has 0 amide bonds. The van der Waals surface area contributed by atoms with Gasteiger partial charge in [-0.2, -0.15) is 0 Å². The van der Waals surface area contributed by atoms with E-state index in [9.17, 15) is 0 Å². The molecule has 4 heteroatoms. The zero-order chi connectivity index (χ0) is 47.1. The molecule has 16 rings (SSSR count). The zero-order valence-corrected chi connectivity index (χ0v) is 40.6. The first kappa shape index (κ1) is 40.4. The van der Waals surface area contributed by atoms with Gasteiger partial charge >= 0.3 is 0 Å². The van der Waals surface area contributed by atoms with Gasteiger partial charge in [-0.1, -0.05) is 199 Å². The highest BCUT2D eigenvalue weighted by Crippen LogP contribution is 2.65. The van der Waals surface area contributed by atoms with Crippen molar-refractivity contribution < 1.29 is 0 Å². The zero-order valence-electron chi connectivity index (χ0n) is 39.0. The first-order valence-corrected chi connectivity index (χ1v) is 26.5. The molecule has 0 atom stereocenters. The summed E-state index contributed by atoms with van der Waals surface area (Å²) in [7, 11) is 0. The van der Waals surface area contributed by atoms with Crippen molar-refractivity contribution in [3.63, 3.8) is 0 Å². The van der Waals surface area contributed by atoms with Gasteiger partial charge in [0.15, 0.2) is 0 Å². The lowest BCUT2D eigenvalue weighted by molar-refractivity contribution is 0.721. The molecule has 0 bridgehead atoms. The van der Waals surface area contributed by atoms with Crippen LogP contribution in [0.15, 0.2) is 274 Å². The van der Waals surface area contributed by atoms with Gasteiger partial charge in [0.25, 0.3) is 0 Å². The lowest BCUT2D eigenvalue weighted by Crippen LogP contribution is -2.32. The maximum atomic E-state index is 2.55. The molecular formula is C68H42N2S2. The average molecular weight is 951 g/mol. The molecule has 2 aliphatic heterocycles. The summed E-state index contributed by atoms with van der Waals surface area (Å²) in [5, 5.41) is 2.47. The van der Waals surface area contributed by atoms with Crippen LogP contribution in [0, 0.1) is 0 Å². The molecule has 11 aromatic carbocycles. The number of anilines is 3. The van der Waals surface area contributed by atoms with Crippen molar-refractivity contribution in [2.75, 3.05) is 4.90 Å². The Bertz CT molecular complexity index is 3970. The molecule has 0 fully saturated rings. The van der Waals surface area contributed by atoms with Gasteiger partial charge in [-0.25, -0.2) is 0 Å². The molecule has 72 heavy (non-hydrogen) atoms. The first-order valence-electron chi connectivity index (χ1n) is 24.8. The van der Waals surface area contributed by atoms with Crippen LogP contribution in [-0.2, 0) is 10.8 Å². The summed E-state index contributed by atoms with van der Waals surface area (Å²) >= 11 is 3.78. The van der Waals surface area contributed by atoms with Crippen molar-refractivity contribution in [1.29, 1.82) is 0 Å². The Morgan fingerprint density at radius 3 is 1.17 bits per heavy atom. The summed E-state index contributed by atoms with van der Waals surface area (Å²) in [6.07, 6.45) is 0. The Balaban J connectivity index is 1.00. The van der Waals surface area contributed by atoms with E-state index in [-0.39, 0.29) is 0 Å². The third-order valence-corrected chi connectivity index (χ3v) is 18.4. The summed E-state index contributed by atoms with van der Waals surface area (Å²) in [6, 6.07) is 96.2. The summed E-state index contributed by atoms with van der Waals surface area (Å²) in [5.41, 5.74) is 21.5. The quantitative estimate of drug-likeness (QED) is 0.174. The number of para-hydroxylation sites is 2. The average Bonchev–Trinajstić information content (AvgIpc) is 4.04. The molecule has 2 spiro atoms. The number of nitrogens with zero attached hydrogens (tertiary/aromatic N) is 2. The number of aromatic nitrogens is 1. The second-order valence-electron chi connectivity index (χ2n) is 19.5. The van der Waals surface area contributed by atoms with E-state index < -0.39 is 10.8 Å². The Kier molecular flexibility index (Phi) is 8.49. The first-order chi connectivity index (χ1) is 35.7. The maximum absolute atomic E-state index is 2.55. The van der Waals surface area contributed by atoms with Crippen LogP contribution in [0.4, 0.5) is 17.1 Å². The van der Waals surface area contributed by atoms with Crippen LogP contribution in [-0.4, -0.2) is 4.57 Å². The van der Waals surface area contributed by atoms with Crippen LogP contribution >= 0.6 is 23.5 Å². The molecule has 1 aromatic heterocycles. The van der Waals surface area contributed by atoms with E-state index in [1.165, 1.54) is 108 Å². The Labute approximate surface area is 426 Å². The smallest absolute Gasteiger partial charge is 0.0736 e. The van der Waals surface area contributed by atoms with Crippen LogP contribution < -0.4 is 4.90 Å². The molecule has 4 aliphatic rings. The third-order valence-electron chi connectivity index (χ3n) is 16.1. The van der Waals surface area contributed by atoms with Gasteiger partial charge in [-0.3, -0.25) is 0 Å². The fourth-order valence-electron chi connectivity index (χ4n) is 13.4. The summed E-state index contributed by atoms with van der Waals surface area (Å²) in [6.45, 7) is 0. The molecule has 0 N–H and O–H groups in total. The van der Waals surface area contributed by atoms with Crippen molar-refractivity contribution in [3.8, 4) is 27.9 Å². The predicted octanol–water partition coefficient (Wildman–Crippen LogP) is 17.9. The molecule has 12 aromatic rings. The van der Waals surface area contributed by atoms with E-state index >= 15 is 0 Å². The normalized spacial score (nSPS) is 14.5. The molecule has 336 valence electrons. The van der Waals surface area contributed by atoms with Crippen LogP contribution in [0.2, 0.25) is 0 Å². The second kappa shape index (κ2) is 15.1. The fourth-order valence-corrected chi connectivity index (χ4v) is 15.7. The van der Waals surface area contributed by atoms with Crippen molar-refractivity contribution in [2.24, 2.45) is 0 Å². The topological polar surface area (TPSA) is 8.17 Å². The van der Waals surface area contributed by atoms with Gasteiger partial charge in [0.1, 0.15) is 0 Å². The molecule has 0 saturated heterocycles. The monoisotopic (exact) mass is 950 g/mol. The summed E-state index contributed by atoms with van der Waals surface area (Å²) in [4.78, 5) is 7.75. The fraction of sp³-hybridized carbons (Fsp3) is 0.0294. The molecule has 3 heterocycles. The van der Waals surface area contributed by atoms with Gasteiger partial charge in [-0.15, -0.1) is 0 Å². The van der Waals surface area contributed by atoms with E-state index in [0.29, 0.717) is 0 Å². The van der Waals surface area contributed by atoms with Gasteiger partial charge in [0, 0.05) is 53.1 Å². The summed E-state index contributed by atoms with van der Waals surface area (Å²) < 4.78 is 2.44. The van der Waals surface area contributed by atoms with Crippen LogP contribution in [0.25, 0.3) is 49.7 Å². The number of hydrogen-bond acceptors (Lipinski definition) is 3. The van der Waals surface area contributed by atoms with Crippen molar-refractivity contribution in [2.45, 2.75) is 30.4 Å². The van der Waals surface area contributed by atoms with Gasteiger partial charge in [0.2, 0.25) is 0 Å². The van der Waals surface area contributed by atoms with Crippen LogP contribution in [0.5, 0.6) is 0 Å². The van der Waals surface area contributed by atoms with Gasteiger partial charge < -0.3 is 9.47 Å². The van der Waals surface area contributed by atoms with Crippen LogP contribution in [0.3, 0.4) is 0 Å². The second-order valence-corrected chi connectivity index (χ2v) is 21.6. The van der Waals surface area contributed by atoms with Crippen molar-refractivity contribution >= 4 is 62.4 Å². The third kappa shape index (κ3) is 5.27. The molecule has 0 saturated carbocycles. The van der Waals surface area contributed by atoms with Crippen molar-refractivity contribution in [3.05, 3.63) is 299 Å². The standard InChI is InChI=1S/C68H42N2S2/c1-2-18-43(19-3-1)70-61-29-13-6-22-51(61)52-39-36-46(42-62(52)70)69(44-34-37-49-47-20-4-7-23-53(47)67(59(49)40-44)55-25-9-14-30-63(55)71-64-31-15-10-26-56(64)67)45-35-38-50-48-21-5-8-24-54(48)68(60(50)41-45)57-27-11-16-32-65(57)72-66-33-17-12-28-58(66)68/h1-42H. The van der Waals surface area contributed by atoms with E-state index in [1.54, 1.807) is 0 Å². The highest BCUT2D eigenvalue weighted by atomic mass is 32.2. The maximum Gasteiger partial charge on any atom is 0.0736 e. The summed E-state index contributed by atoms with van der Waals surface area (Å²) in [5.74, 6) is 0. The minimum Gasteiger partial charge on any atom is -0.310 e. The van der Waals surface area contributed by atoms with Gasteiger partial charge in [0.05, 0.1) is 21.9 Å². The number of fused-ring (bicyclic) bond motifs is 21. The number of rotatable bonds is 4. The highest BCUT2D eigenvalue weighted by Gasteiger charge is 2.52. The van der Waals surface area contributed by atoms with E-state index in [4.69, 9.17) is 0 Å².